The molecule has 1 aromatic carbocycles. The molecule has 1 saturated heterocycles. The van der Waals surface area contributed by atoms with Gasteiger partial charge in [0.1, 0.15) is 0 Å². The van der Waals surface area contributed by atoms with Crippen molar-refractivity contribution in [2.45, 2.75) is 25.8 Å². The van der Waals surface area contributed by atoms with Gasteiger partial charge in [0.2, 0.25) is 0 Å². The van der Waals surface area contributed by atoms with Crippen LogP contribution < -0.4 is 10.1 Å². The maximum Gasteiger partial charge on any atom is 0.172 e. The Labute approximate surface area is 158 Å². The van der Waals surface area contributed by atoms with E-state index in [1.165, 1.54) is 18.4 Å². The minimum absolute atomic E-state index is 0. The van der Waals surface area contributed by atoms with E-state index in [1.54, 1.807) is 0 Å². The van der Waals surface area contributed by atoms with Gasteiger partial charge in [0.05, 0.1) is 11.1 Å². The highest BCUT2D eigenvalue weighted by atomic mass is 79.9. The summed E-state index contributed by atoms with van der Waals surface area (Å²) in [5.41, 5.74) is 1.26. The second-order valence-electron chi connectivity index (χ2n) is 5.85. The number of aromatic hydroxyl groups is 1. The minimum Gasteiger partial charge on any atom is -0.503 e. The van der Waals surface area contributed by atoms with Gasteiger partial charge in [-0.3, -0.25) is 4.90 Å². The van der Waals surface area contributed by atoms with E-state index in [1.807, 2.05) is 13.0 Å². The summed E-state index contributed by atoms with van der Waals surface area (Å²) in [7, 11) is 0. The maximum atomic E-state index is 10.1. The number of hydrogen-bond acceptors (Lipinski definition) is 4. The quantitative estimate of drug-likeness (QED) is 0.750. The van der Waals surface area contributed by atoms with Crippen LogP contribution in [0.2, 0.25) is 0 Å². The lowest BCUT2D eigenvalue weighted by molar-refractivity contribution is 0.155. The molecule has 1 aromatic rings. The van der Waals surface area contributed by atoms with Gasteiger partial charge >= 0.3 is 0 Å². The number of piperazine rings is 1. The molecule has 1 atom stereocenters. The molecule has 0 bridgehead atoms. The van der Waals surface area contributed by atoms with Gasteiger partial charge in [-0.05, 0) is 59.3 Å². The van der Waals surface area contributed by atoms with Gasteiger partial charge in [-0.15, -0.1) is 24.8 Å². The van der Waals surface area contributed by atoms with E-state index < -0.39 is 0 Å². The van der Waals surface area contributed by atoms with E-state index in [4.69, 9.17) is 4.74 Å². The zero-order chi connectivity index (χ0) is 14.8. The fraction of sp³-hybridized carbons (Fsp3) is 0.625. The van der Waals surface area contributed by atoms with Crippen molar-refractivity contribution in [1.82, 2.24) is 10.2 Å². The average Bonchev–Trinajstić information content (AvgIpc) is 3.30. The van der Waals surface area contributed by atoms with Crippen molar-refractivity contribution in [3.8, 4) is 11.5 Å². The highest BCUT2D eigenvalue weighted by Crippen LogP contribution is 2.47. The summed E-state index contributed by atoms with van der Waals surface area (Å²) in [6.07, 6.45) is 2.61. The van der Waals surface area contributed by atoms with Gasteiger partial charge in [-0.25, -0.2) is 0 Å². The highest BCUT2D eigenvalue weighted by Gasteiger charge is 2.37. The third-order valence-corrected chi connectivity index (χ3v) is 4.91. The number of phenols is 1. The highest BCUT2D eigenvalue weighted by molar-refractivity contribution is 9.10. The van der Waals surface area contributed by atoms with E-state index in [0.717, 1.165) is 36.6 Å². The number of ether oxygens (including phenoxy) is 1. The van der Waals surface area contributed by atoms with Gasteiger partial charge in [0, 0.05) is 32.2 Å². The molecule has 1 heterocycles. The lowest BCUT2D eigenvalue weighted by Crippen LogP contribution is -2.45. The van der Waals surface area contributed by atoms with E-state index in [9.17, 15) is 5.11 Å². The molecule has 1 aliphatic carbocycles. The topological polar surface area (TPSA) is 44.7 Å². The number of phenolic OH excluding ortho intramolecular Hbond substituents is 1. The standard InChI is InChI=1S/C16H23BrN2O2.2ClH/c1-2-21-14-10-12(9-13(17)16(14)20)15(11-3-4-11)19-7-5-18-6-8-19;;/h9-11,15,18,20H,2-8H2,1H3;2*1H/t15-;;/m1../s1. The SMILES string of the molecule is CCOc1cc([C@@H](C2CC2)N2CCNCC2)cc(Br)c1O.Cl.Cl. The Balaban J connectivity index is 0.00000132. The maximum absolute atomic E-state index is 10.1. The van der Waals surface area contributed by atoms with Crippen molar-refractivity contribution in [2.24, 2.45) is 5.92 Å². The van der Waals surface area contributed by atoms with Crippen molar-refractivity contribution in [1.29, 1.82) is 0 Å². The Morgan fingerprint density at radius 1 is 1.30 bits per heavy atom. The molecular formula is C16H25BrCl2N2O2. The first-order valence-corrected chi connectivity index (χ1v) is 8.60. The molecule has 0 aromatic heterocycles. The van der Waals surface area contributed by atoms with E-state index in [-0.39, 0.29) is 30.6 Å². The number of hydrogen-bond donors (Lipinski definition) is 2. The Bertz CT molecular complexity index is 509. The van der Waals surface area contributed by atoms with Crippen LogP contribution in [0.1, 0.15) is 31.4 Å². The first-order chi connectivity index (χ1) is 10.2. The summed E-state index contributed by atoms with van der Waals surface area (Å²) < 4.78 is 6.31. The Kier molecular flexibility index (Phi) is 8.45. The molecule has 0 spiro atoms. The number of rotatable bonds is 5. The zero-order valence-electron chi connectivity index (χ0n) is 13.3. The van der Waals surface area contributed by atoms with Crippen LogP contribution in [-0.2, 0) is 0 Å². The molecular weight excluding hydrogens is 403 g/mol. The van der Waals surface area contributed by atoms with Crippen LogP contribution in [0.25, 0.3) is 0 Å². The Morgan fingerprint density at radius 3 is 2.52 bits per heavy atom. The summed E-state index contributed by atoms with van der Waals surface area (Å²) in [4.78, 5) is 2.57. The van der Waals surface area contributed by atoms with Crippen LogP contribution in [0.15, 0.2) is 16.6 Å². The van der Waals surface area contributed by atoms with E-state index in [0.29, 0.717) is 18.4 Å². The molecule has 0 amide bonds. The van der Waals surface area contributed by atoms with Gasteiger partial charge < -0.3 is 15.2 Å². The molecule has 132 valence electrons. The summed E-state index contributed by atoms with van der Waals surface area (Å²) in [5, 5.41) is 13.5. The van der Waals surface area contributed by atoms with Crippen molar-refractivity contribution in [3.05, 3.63) is 22.2 Å². The molecule has 2 aliphatic rings. The van der Waals surface area contributed by atoms with E-state index >= 15 is 0 Å². The van der Waals surface area contributed by atoms with Gasteiger partial charge in [0.15, 0.2) is 11.5 Å². The number of halogens is 3. The average molecular weight is 428 g/mol. The molecule has 2 fully saturated rings. The van der Waals surface area contributed by atoms with Crippen molar-refractivity contribution in [3.63, 3.8) is 0 Å². The smallest absolute Gasteiger partial charge is 0.172 e. The number of benzene rings is 1. The second-order valence-corrected chi connectivity index (χ2v) is 6.71. The molecule has 23 heavy (non-hydrogen) atoms. The Hall–Kier alpha value is -0.200. The summed E-state index contributed by atoms with van der Waals surface area (Å²) in [6.45, 7) is 6.79. The Morgan fingerprint density at radius 2 is 1.96 bits per heavy atom. The third kappa shape index (κ3) is 4.89. The van der Waals surface area contributed by atoms with Crippen LogP contribution >= 0.6 is 40.7 Å². The van der Waals surface area contributed by atoms with Crippen LogP contribution in [-0.4, -0.2) is 42.8 Å². The van der Waals surface area contributed by atoms with Crippen LogP contribution in [0.3, 0.4) is 0 Å². The van der Waals surface area contributed by atoms with Gasteiger partial charge in [-0.2, -0.15) is 0 Å². The van der Waals surface area contributed by atoms with Crippen molar-refractivity contribution < 1.29 is 9.84 Å². The minimum atomic E-state index is 0. The summed E-state index contributed by atoms with van der Waals surface area (Å²) in [5.74, 6) is 1.53. The summed E-state index contributed by atoms with van der Waals surface area (Å²) >= 11 is 3.47. The fourth-order valence-corrected chi connectivity index (χ4v) is 3.64. The monoisotopic (exact) mass is 426 g/mol. The van der Waals surface area contributed by atoms with Crippen LogP contribution in [0, 0.1) is 5.92 Å². The van der Waals surface area contributed by atoms with Crippen molar-refractivity contribution in [2.75, 3.05) is 32.8 Å². The molecule has 1 saturated carbocycles. The van der Waals surface area contributed by atoms with E-state index in [2.05, 4.69) is 32.2 Å². The zero-order valence-corrected chi connectivity index (χ0v) is 16.5. The molecule has 7 heteroatoms. The first-order valence-electron chi connectivity index (χ1n) is 7.80. The predicted octanol–water partition coefficient (Wildman–Crippen LogP) is 3.75. The number of nitrogens with zero attached hydrogens (tertiary/aromatic N) is 1. The largest absolute Gasteiger partial charge is 0.503 e. The first kappa shape index (κ1) is 20.8. The normalized spacial score (nSPS) is 19.4. The second kappa shape index (κ2) is 9.33. The predicted molar refractivity (Wildman–Crippen MR) is 101 cm³/mol. The van der Waals surface area contributed by atoms with Crippen LogP contribution in [0.4, 0.5) is 0 Å². The van der Waals surface area contributed by atoms with Crippen LogP contribution in [0.5, 0.6) is 11.5 Å². The molecule has 3 rings (SSSR count). The lowest BCUT2D eigenvalue weighted by atomic mass is 9.99. The molecule has 0 unspecified atom stereocenters. The van der Waals surface area contributed by atoms with Crippen molar-refractivity contribution >= 4 is 40.7 Å². The third-order valence-electron chi connectivity index (χ3n) is 4.31. The van der Waals surface area contributed by atoms with Gasteiger partial charge in [0.25, 0.3) is 0 Å². The van der Waals surface area contributed by atoms with Gasteiger partial charge in [-0.1, -0.05) is 0 Å². The molecule has 4 nitrogen and oxygen atoms in total. The summed E-state index contributed by atoms with van der Waals surface area (Å²) in [6, 6.07) is 4.53. The lowest BCUT2D eigenvalue weighted by Gasteiger charge is -2.35. The fourth-order valence-electron chi connectivity index (χ4n) is 3.18. The molecule has 1 aliphatic heterocycles. The number of nitrogens with one attached hydrogen (secondary N) is 1. The molecule has 0 radical (unpaired) electrons. The molecule has 2 N–H and O–H groups in total.